The summed E-state index contributed by atoms with van der Waals surface area (Å²) in [6.45, 7) is 2.99. The highest BCUT2D eigenvalue weighted by molar-refractivity contribution is 5.03. The zero-order valence-electron chi connectivity index (χ0n) is 11.6. The van der Waals surface area contributed by atoms with E-state index in [-0.39, 0.29) is 5.54 Å². The SMILES string of the molecule is CNC(C)(C#N)CCN(C)C1CCCCCC1. The molecule has 0 saturated heterocycles. The number of nitriles is 1. The van der Waals surface area contributed by atoms with Crippen molar-refractivity contribution in [2.24, 2.45) is 0 Å². The van der Waals surface area contributed by atoms with Crippen LogP contribution in [0.4, 0.5) is 0 Å². The van der Waals surface area contributed by atoms with Gasteiger partial charge in [-0.05, 0) is 40.3 Å². The van der Waals surface area contributed by atoms with E-state index in [1.165, 1.54) is 38.5 Å². The minimum absolute atomic E-state index is 0.376. The molecule has 0 aliphatic heterocycles. The third kappa shape index (κ3) is 4.65. The normalized spacial score (nSPS) is 21.8. The summed E-state index contributed by atoms with van der Waals surface area (Å²) in [5.74, 6) is 0. The molecular weight excluding hydrogens is 210 g/mol. The molecule has 0 aromatic heterocycles. The molecule has 3 heteroatoms. The van der Waals surface area contributed by atoms with Gasteiger partial charge in [-0.1, -0.05) is 25.7 Å². The average molecular weight is 237 g/mol. The first-order valence-electron chi connectivity index (χ1n) is 6.92. The van der Waals surface area contributed by atoms with Crippen LogP contribution < -0.4 is 5.32 Å². The zero-order valence-corrected chi connectivity index (χ0v) is 11.6. The van der Waals surface area contributed by atoms with Gasteiger partial charge in [-0.15, -0.1) is 0 Å². The highest BCUT2D eigenvalue weighted by Gasteiger charge is 2.23. The fourth-order valence-corrected chi connectivity index (χ4v) is 2.52. The number of nitrogens with zero attached hydrogens (tertiary/aromatic N) is 2. The Morgan fingerprint density at radius 1 is 1.29 bits per heavy atom. The van der Waals surface area contributed by atoms with Gasteiger partial charge in [0.1, 0.15) is 5.54 Å². The first-order chi connectivity index (χ1) is 8.11. The molecule has 1 atom stereocenters. The van der Waals surface area contributed by atoms with Gasteiger partial charge in [-0.2, -0.15) is 5.26 Å². The highest BCUT2D eigenvalue weighted by Crippen LogP contribution is 2.21. The van der Waals surface area contributed by atoms with Crippen LogP contribution in [0.2, 0.25) is 0 Å². The van der Waals surface area contributed by atoms with Crippen LogP contribution in [0.3, 0.4) is 0 Å². The van der Waals surface area contributed by atoms with Crippen molar-refractivity contribution in [1.82, 2.24) is 10.2 Å². The van der Waals surface area contributed by atoms with Crippen LogP contribution in [0.15, 0.2) is 0 Å². The lowest BCUT2D eigenvalue weighted by Gasteiger charge is -2.30. The molecule has 1 fully saturated rings. The summed E-state index contributed by atoms with van der Waals surface area (Å²) in [5, 5.41) is 12.2. The molecule has 0 aromatic carbocycles. The van der Waals surface area contributed by atoms with Crippen molar-refractivity contribution in [3.63, 3.8) is 0 Å². The molecule has 1 rings (SSSR count). The van der Waals surface area contributed by atoms with Gasteiger partial charge in [0.15, 0.2) is 0 Å². The van der Waals surface area contributed by atoms with Crippen molar-refractivity contribution in [3.8, 4) is 6.07 Å². The van der Waals surface area contributed by atoms with Gasteiger partial charge in [0.25, 0.3) is 0 Å². The molecule has 0 bridgehead atoms. The van der Waals surface area contributed by atoms with E-state index in [0.29, 0.717) is 0 Å². The lowest BCUT2D eigenvalue weighted by Crippen LogP contribution is -2.43. The Hall–Kier alpha value is -0.590. The van der Waals surface area contributed by atoms with E-state index in [9.17, 15) is 0 Å². The molecule has 0 radical (unpaired) electrons. The summed E-state index contributed by atoms with van der Waals surface area (Å²) in [6, 6.07) is 3.09. The summed E-state index contributed by atoms with van der Waals surface area (Å²) in [4.78, 5) is 2.46. The van der Waals surface area contributed by atoms with Crippen LogP contribution in [0.5, 0.6) is 0 Å². The maximum atomic E-state index is 9.12. The summed E-state index contributed by atoms with van der Waals surface area (Å²) in [5.41, 5.74) is -0.376. The Kier molecular flexibility index (Phi) is 5.94. The fraction of sp³-hybridized carbons (Fsp3) is 0.929. The molecule has 1 saturated carbocycles. The molecule has 0 amide bonds. The highest BCUT2D eigenvalue weighted by atomic mass is 15.1. The third-order valence-electron chi connectivity index (χ3n) is 4.21. The van der Waals surface area contributed by atoms with E-state index in [4.69, 9.17) is 5.26 Å². The first-order valence-corrected chi connectivity index (χ1v) is 6.92. The Labute approximate surface area is 106 Å². The average Bonchev–Trinajstić information content (AvgIpc) is 2.64. The van der Waals surface area contributed by atoms with Crippen molar-refractivity contribution in [1.29, 1.82) is 5.26 Å². The molecular formula is C14H27N3. The number of hydrogen-bond acceptors (Lipinski definition) is 3. The summed E-state index contributed by atoms with van der Waals surface area (Å²) < 4.78 is 0. The zero-order chi connectivity index (χ0) is 12.7. The van der Waals surface area contributed by atoms with Gasteiger partial charge in [0, 0.05) is 12.6 Å². The first kappa shape index (κ1) is 14.5. The smallest absolute Gasteiger partial charge is 0.104 e. The summed E-state index contributed by atoms with van der Waals surface area (Å²) in [6.07, 6.45) is 9.10. The van der Waals surface area contributed by atoms with Crippen LogP contribution in [0.25, 0.3) is 0 Å². The summed E-state index contributed by atoms with van der Waals surface area (Å²) in [7, 11) is 4.08. The van der Waals surface area contributed by atoms with E-state index >= 15 is 0 Å². The van der Waals surface area contributed by atoms with Gasteiger partial charge in [-0.25, -0.2) is 0 Å². The Bertz CT molecular complexity index is 251. The number of hydrogen-bond donors (Lipinski definition) is 1. The van der Waals surface area contributed by atoms with E-state index in [0.717, 1.165) is 19.0 Å². The van der Waals surface area contributed by atoms with E-state index in [1.807, 2.05) is 14.0 Å². The molecule has 0 aromatic rings. The molecule has 0 spiro atoms. The van der Waals surface area contributed by atoms with Gasteiger partial charge in [0.2, 0.25) is 0 Å². The second kappa shape index (κ2) is 6.98. The standard InChI is InChI=1S/C14H27N3/c1-14(12-15,16-2)10-11-17(3)13-8-6-4-5-7-9-13/h13,16H,4-11H2,1-3H3. The minimum Gasteiger partial charge on any atom is -0.303 e. The van der Waals surface area contributed by atoms with E-state index in [1.54, 1.807) is 0 Å². The molecule has 0 heterocycles. The van der Waals surface area contributed by atoms with Crippen LogP contribution >= 0.6 is 0 Å². The Morgan fingerprint density at radius 3 is 2.35 bits per heavy atom. The van der Waals surface area contributed by atoms with Crippen molar-refractivity contribution in [2.45, 2.75) is 63.5 Å². The maximum Gasteiger partial charge on any atom is 0.104 e. The second-order valence-corrected chi connectivity index (χ2v) is 5.57. The van der Waals surface area contributed by atoms with E-state index in [2.05, 4.69) is 23.3 Å². The quantitative estimate of drug-likeness (QED) is 0.747. The van der Waals surface area contributed by atoms with Gasteiger partial charge < -0.3 is 10.2 Å². The number of rotatable bonds is 5. The molecule has 1 aliphatic rings. The topological polar surface area (TPSA) is 39.1 Å². The largest absolute Gasteiger partial charge is 0.303 e. The number of nitrogens with one attached hydrogen (secondary N) is 1. The minimum atomic E-state index is -0.376. The van der Waals surface area contributed by atoms with Crippen molar-refractivity contribution in [2.75, 3.05) is 20.6 Å². The molecule has 17 heavy (non-hydrogen) atoms. The summed E-state index contributed by atoms with van der Waals surface area (Å²) >= 11 is 0. The molecule has 98 valence electrons. The van der Waals surface area contributed by atoms with Crippen molar-refractivity contribution >= 4 is 0 Å². The molecule has 3 nitrogen and oxygen atoms in total. The van der Waals surface area contributed by atoms with Gasteiger partial charge in [-0.3, -0.25) is 0 Å². The lowest BCUT2D eigenvalue weighted by molar-refractivity contribution is 0.204. The Balaban J connectivity index is 2.37. The van der Waals surface area contributed by atoms with Crippen LogP contribution in [-0.4, -0.2) is 37.1 Å². The van der Waals surface area contributed by atoms with Crippen LogP contribution in [0.1, 0.15) is 51.9 Å². The van der Waals surface area contributed by atoms with Gasteiger partial charge >= 0.3 is 0 Å². The van der Waals surface area contributed by atoms with Crippen LogP contribution in [-0.2, 0) is 0 Å². The monoisotopic (exact) mass is 237 g/mol. The molecule has 1 N–H and O–H groups in total. The van der Waals surface area contributed by atoms with Crippen molar-refractivity contribution in [3.05, 3.63) is 0 Å². The predicted molar refractivity (Wildman–Crippen MR) is 71.8 cm³/mol. The fourth-order valence-electron chi connectivity index (χ4n) is 2.52. The van der Waals surface area contributed by atoms with Crippen LogP contribution in [0, 0.1) is 11.3 Å². The molecule has 1 aliphatic carbocycles. The third-order valence-corrected chi connectivity index (χ3v) is 4.21. The second-order valence-electron chi connectivity index (χ2n) is 5.57. The Morgan fingerprint density at radius 2 is 1.88 bits per heavy atom. The lowest BCUT2D eigenvalue weighted by atomic mass is 9.99. The molecule has 1 unspecified atom stereocenters. The maximum absolute atomic E-state index is 9.12. The van der Waals surface area contributed by atoms with Crippen molar-refractivity contribution < 1.29 is 0 Å². The predicted octanol–water partition coefficient (Wildman–Crippen LogP) is 2.53. The van der Waals surface area contributed by atoms with Gasteiger partial charge in [0.05, 0.1) is 6.07 Å². The van der Waals surface area contributed by atoms with E-state index < -0.39 is 0 Å².